The van der Waals surface area contributed by atoms with Gasteiger partial charge in [0.2, 0.25) is 0 Å². The number of nitrogens with zero attached hydrogens (tertiary/aromatic N) is 4. The van der Waals surface area contributed by atoms with Gasteiger partial charge >= 0.3 is 0 Å². The number of halogens is 1. The first-order valence-electron chi connectivity index (χ1n) is 7.84. The zero-order valence-corrected chi connectivity index (χ0v) is 13.2. The maximum absolute atomic E-state index is 15.0. The van der Waals surface area contributed by atoms with Gasteiger partial charge in [0, 0.05) is 52.3 Å². The number of carbonyl (C=O) groups excluding carboxylic acids is 2. The highest BCUT2D eigenvalue weighted by Gasteiger charge is 2.45. The van der Waals surface area contributed by atoms with Gasteiger partial charge in [-0.25, -0.2) is 4.39 Å². The van der Waals surface area contributed by atoms with Crippen LogP contribution < -0.4 is 0 Å². The number of amides is 2. The molecule has 0 saturated carbocycles. The zero-order valence-electron chi connectivity index (χ0n) is 13.2. The predicted octanol–water partition coefficient (Wildman–Crippen LogP) is 0.223. The minimum absolute atomic E-state index is 0.0345. The Kier molecular flexibility index (Phi) is 4.34. The van der Waals surface area contributed by atoms with Gasteiger partial charge in [0.1, 0.15) is 5.69 Å². The van der Waals surface area contributed by atoms with Crippen molar-refractivity contribution in [1.29, 1.82) is 0 Å². The van der Waals surface area contributed by atoms with Gasteiger partial charge < -0.3 is 14.5 Å². The van der Waals surface area contributed by atoms with Crippen LogP contribution in [0.2, 0.25) is 0 Å². The summed E-state index contributed by atoms with van der Waals surface area (Å²) < 4.78 is 21.7. The molecule has 2 saturated heterocycles. The molecule has 2 aliphatic heterocycles. The Morgan fingerprint density at radius 1 is 1.17 bits per heavy atom. The van der Waals surface area contributed by atoms with E-state index >= 15 is 4.39 Å². The molecule has 0 radical (unpaired) electrons. The van der Waals surface area contributed by atoms with E-state index in [-0.39, 0.29) is 31.8 Å². The van der Waals surface area contributed by atoms with Crippen molar-refractivity contribution in [2.75, 3.05) is 39.4 Å². The Labute approximate surface area is 134 Å². The fourth-order valence-electron chi connectivity index (χ4n) is 3.07. The lowest BCUT2D eigenvalue weighted by Gasteiger charge is -2.39. The molecule has 1 aromatic heterocycles. The Morgan fingerprint density at radius 3 is 2.39 bits per heavy atom. The van der Waals surface area contributed by atoms with E-state index in [0.717, 1.165) is 0 Å². The maximum Gasteiger partial charge on any atom is 0.272 e. The first kappa shape index (κ1) is 15.9. The summed E-state index contributed by atoms with van der Waals surface area (Å²) in [6, 6.07) is 1.64. The second-order valence-corrected chi connectivity index (χ2v) is 6.00. The third kappa shape index (κ3) is 3.08. The van der Waals surface area contributed by atoms with Gasteiger partial charge in [-0.1, -0.05) is 0 Å². The van der Waals surface area contributed by atoms with E-state index in [1.165, 1.54) is 9.58 Å². The molecular weight excluding hydrogens is 303 g/mol. The minimum Gasteiger partial charge on any atom is -0.378 e. The molecule has 3 heterocycles. The van der Waals surface area contributed by atoms with E-state index in [0.29, 0.717) is 32.0 Å². The quantitative estimate of drug-likeness (QED) is 0.781. The van der Waals surface area contributed by atoms with Gasteiger partial charge in [-0.15, -0.1) is 0 Å². The molecule has 8 heteroatoms. The normalized spacial score (nSPS) is 21.3. The van der Waals surface area contributed by atoms with Crippen molar-refractivity contribution in [1.82, 2.24) is 19.6 Å². The smallest absolute Gasteiger partial charge is 0.272 e. The van der Waals surface area contributed by atoms with Crippen LogP contribution >= 0.6 is 0 Å². The Balaban J connectivity index is 1.62. The van der Waals surface area contributed by atoms with Crippen LogP contribution in [-0.2, 0) is 16.6 Å². The lowest BCUT2D eigenvalue weighted by atomic mass is 9.91. The van der Waals surface area contributed by atoms with Crippen molar-refractivity contribution in [2.45, 2.75) is 18.5 Å². The van der Waals surface area contributed by atoms with E-state index < -0.39 is 11.6 Å². The average Bonchev–Trinajstić information content (AvgIpc) is 3.01. The molecule has 2 amide bonds. The van der Waals surface area contributed by atoms with Crippen LogP contribution in [0.3, 0.4) is 0 Å². The molecule has 0 aliphatic carbocycles. The Morgan fingerprint density at radius 2 is 1.83 bits per heavy atom. The van der Waals surface area contributed by atoms with Crippen LogP contribution in [-0.4, -0.2) is 76.5 Å². The number of likely N-dealkylation sites (tertiary alicyclic amines) is 1. The van der Waals surface area contributed by atoms with Crippen LogP contribution in [0.15, 0.2) is 12.3 Å². The zero-order chi connectivity index (χ0) is 16.4. The molecule has 0 atom stereocenters. The monoisotopic (exact) mass is 324 g/mol. The second-order valence-electron chi connectivity index (χ2n) is 6.00. The number of aromatic nitrogens is 2. The predicted molar refractivity (Wildman–Crippen MR) is 79.6 cm³/mol. The molecular formula is C15H21FN4O3. The number of piperidine rings is 1. The maximum atomic E-state index is 15.0. The number of alkyl halides is 1. The summed E-state index contributed by atoms with van der Waals surface area (Å²) >= 11 is 0. The fourth-order valence-corrected chi connectivity index (χ4v) is 3.07. The van der Waals surface area contributed by atoms with Gasteiger partial charge in [0.25, 0.3) is 11.8 Å². The third-order valence-electron chi connectivity index (χ3n) is 4.56. The van der Waals surface area contributed by atoms with Gasteiger partial charge in [0.05, 0.1) is 13.2 Å². The Bertz CT molecular complexity index is 589. The molecule has 0 spiro atoms. The summed E-state index contributed by atoms with van der Waals surface area (Å²) in [5.74, 6) is -0.640. The van der Waals surface area contributed by atoms with E-state index in [9.17, 15) is 9.59 Å². The van der Waals surface area contributed by atoms with Gasteiger partial charge in [-0.3, -0.25) is 14.3 Å². The summed E-state index contributed by atoms with van der Waals surface area (Å²) in [6.45, 7) is 2.23. The molecule has 0 unspecified atom stereocenters. The van der Waals surface area contributed by atoms with E-state index in [4.69, 9.17) is 4.74 Å². The standard InChI is InChI=1S/C15H21FN4O3/c1-18-12(2-5-17-18)13(21)19-6-3-15(16,4-7-19)14(22)20-8-10-23-11-9-20/h2,5H,3-4,6-11H2,1H3. The highest BCUT2D eigenvalue weighted by Crippen LogP contribution is 2.29. The molecule has 126 valence electrons. The molecule has 3 rings (SSSR count). The highest BCUT2D eigenvalue weighted by molar-refractivity contribution is 5.93. The third-order valence-corrected chi connectivity index (χ3v) is 4.56. The summed E-state index contributed by atoms with van der Waals surface area (Å²) in [4.78, 5) is 27.9. The SMILES string of the molecule is Cn1nccc1C(=O)N1CCC(F)(C(=O)N2CCOCC2)CC1. The molecule has 0 bridgehead atoms. The first-order valence-corrected chi connectivity index (χ1v) is 7.84. The van der Waals surface area contributed by atoms with Crippen molar-refractivity contribution in [3.8, 4) is 0 Å². The number of ether oxygens (including phenoxy) is 1. The summed E-state index contributed by atoms with van der Waals surface area (Å²) in [5.41, 5.74) is -1.41. The van der Waals surface area contributed by atoms with Crippen molar-refractivity contribution < 1.29 is 18.7 Å². The van der Waals surface area contributed by atoms with E-state index in [1.807, 2.05) is 0 Å². The average molecular weight is 324 g/mol. The van der Waals surface area contributed by atoms with Crippen molar-refractivity contribution in [2.24, 2.45) is 7.05 Å². The number of rotatable bonds is 2. The number of carbonyl (C=O) groups is 2. The van der Waals surface area contributed by atoms with Crippen LogP contribution in [0.5, 0.6) is 0 Å². The van der Waals surface area contributed by atoms with E-state index in [2.05, 4.69) is 5.10 Å². The minimum atomic E-state index is -1.87. The summed E-state index contributed by atoms with van der Waals surface area (Å²) in [7, 11) is 1.69. The van der Waals surface area contributed by atoms with Crippen LogP contribution in [0.25, 0.3) is 0 Å². The molecule has 2 fully saturated rings. The first-order chi connectivity index (χ1) is 11.0. The number of hydrogen-bond acceptors (Lipinski definition) is 4. The summed E-state index contributed by atoms with van der Waals surface area (Å²) in [6.07, 6.45) is 1.62. The van der Waals surface area contributed by atoms with Gasteiger partial charge in [-0.05, 0) is 6.07 Å². The van der Waals surface area contributed by atoms with Crippen LogP contribution in [0, 0.1) is 0 Å². The lowest BCUT2D eigenvalue weighted by Crippen LogP contribution is -2.55. The van der Waals surface area contributed by atoms with Crippen molar-refractivity contribution >= 4 is 11.8 Å². The largest absolute Gasteiger partial charge is 0.378 e. The van der Waals surface area contributed by atoms with Crippen molar-refractivity contribution in [3.05, 3.63) is 18.0 Å². The van der Waals surface area contributed by atoms with Crippen LogP contribution in [0.1, 0.15) is 23.3 Å². The molecule has 23 heavy (non-hydrogen) atoms. The molecule has 7 nitrogen and oxygen atoms in total. The molecule has 0 N–H and O–H groups in total. The molecule has 0 aromatic carbocycles. The summed E-state index contributed by atoms with van der Waals surface area (Å²) in [5, 5.41) is 3.97. The number of hydrogen-bond donors (Lipinski definition) is 0. The van der Waals surface area contributed by atoms with Crippen LogP contribution in [0.4, 0.5) is 4.39 Å². The highest BCUT2D eigenvalue weighted by atomic mass is 19.1. The number of aryl methyl sites for hydroxylation is 1. The molecule has 2 aliphatic rings. The van der Waals surface area contributed by atoms with Gasteiger partial charge in [0.15, 0.2) is 5.67 Å². The van der Waals surface area contributed by atoms with Gasteiger partial charge in [-0.2, -0.15) is 5.10 Å². The van der Waals surface area contributed by atoms with Crippen molar-refractivity contribution in [3.63, 3.8) is 0 Å². The Hall–Kier alpha value is -1.96. The van der Waals surface area contributed by atoms with E-state index in [1.54, 1.807) is 24.2 Å². The lowest BCUT2D eigenvalue weighted by molar-refractivity contribution is -0.151. The second kappa shape index (κ2) is 6.27. The fraction of sp³-hybridized carbons (Fsp3) is 0.667. The topological polar surface area (TPSA) is 67.7 Å². The molecule has 1 aromatic rings. The number of morpholine rings is 1.